The van der Waals surface area contributed by atoms with E-state index in [4.69, 9.17) is 9.15 Å². The van der Waals surface area contributed by atoms with Crippen molar-refractivity contribution in [1.82, 2.24) is 0 Å². The molecule has 1 aromatic heterocycles. The van der Waals surface area contributed by atoms with E-state index in [9.17, 15) is 23.4 Å². The highest BCUT2D eigenvalue weighted by Gasteiger charge is 2.20. The smallest absolute Gasteiger partial charge is 0.372 e. The Bertz CT molecular complexity index is 1250. The van der Waals surface area contributed by atoms with Gasteiger partial charge in [-0.2, -0.15) is 0 Å². The number of furan rings is 1. The number of nitrogens with zero attached hydrogens (tertiary/aromatic N) is 1. The molecule has 10 heteroatoms. The second-order valence-corrected chi connectivity index (χ2v) is 9.37. The van der Waals surface area contributed by atoms with Gasteiger partial charge in [0.05, 0.1) is 30.8 Å². The molecule has 0 spiro atoms. The number of ether oxygens (including phenoxy) is 1. The highest BCUT2D eigenvalue weighted by atomic mass is 32.2. The molecular formula is C23H28N2O7S. The number of anilines is 2. The number of nitrogens with one attached hydrogen (secondary N) is 1. The van der Waals surface area contributed by atoms with E-state index in [1.165, 1.54) is 0 Å². The molecule has 178 valence electrons. The monoisotopic (exact) mass is 476 g/mol. The number of carbonyl (C=O) groups is 1. The summed E-state index contributed by atoms with van der Waals surface area (Å²) in [4.78, 5) is 13.3. The Labute approximate surface area is 192 Å². The molecule has 0 amide bonds. The minimum absolute atomic E-state index is 0.0824. The molecule has 0 saturated carbocycles. The number of carboxylic acids is 1. The third kappa shape index (κ3) is 5.77. The van der Waals surface area contributed by atoms with E-state index in [-0.39, 0.29) is 25.5 Å². The molecule has 33 heavy (non-hydrogen) atoms. The van der Waals surface area contributed by atoms with Crippen LogP contribution in [0.15, 0.2) is 40.8 Å². The number of hydrogen-bond donors (Lipinski definition) is 3. The zero-order chi connectivity index (χ0) is 24.2. The van der Waals surface area contributed by atoms with Gasteiger partial charge in [0.2, 0.25) is 15.8 Å². The van der Waals surface area contributed by atoms with Crippen molar-refractivity contribution in [3.8, 4) is 5.75 Å². The average Bonchev–Trinajstić information content (AvgIpc) is 3.09. The molecule has 0 atom stereocenters. The van der Waals surface area contributed by atoms with Gasteiger partial charge in [0, 0.05) is 23.6 Å². The number of aliphatic hydroxyl groups is 1. The first-order valence-corrected chi connectivity index (χ1v) is 12.4. The number of aliphatic hydroxyl groups excluding tert-OH is 1. The Hall–Kier alpha value is -3.24. The van der Waals surface area contributed by atoms with Crippen LogP contribution in [0.4, 0.5) is 11.4 Å². The summed E-state index contributed by atoms with van der Waals surface area (Å²) in [6.45, 7) is 4.48. The molecule has 0 fully saturated rings. The van der Waals surface area contributed by atoms with Crippen molar-refractivity contribution in [3.05, 3.63) is 53.3 Å². The fourth-order valence-electron chi connectivity index (χ4n) is 3.80. The molecule has 0 bridgehead atoms. The maximum absolute atomic E-state index is 11.7. The largest absolute Gasteiger partial charge is 0.492 e. The van der Waals surface area contributed by atoms with E-state index in [1.807, 2.05) is 17.9 Å². The minimum Gasteiger partial charge on any atom is -0.492 e. The van der Waals surface area contributed by atoms with Crippen molar-refractivity contribution in [2.24, 2.45) is 0 Å². The molecule has 3 N–H and O–H groups in total. The van der Waals surface area contributed by atoms with Crippen molar-refractivity contribution in [2.45, 2.75) is 20.3 Å². The minimum atomic E-state index is -3.47. The Morgan fingerprint density at radius 1 is 1.21 bits per heavy atom. The molecule has 0 aliphatic rings. The number of fused-ring (bicyclic) bond motifs is 1. The summed E-state index contributed by atoms with van der Waals surface area (Å²) in [5, 5.41) is 19.7. The van der Waals surface area contributed by atoms with Gasteiger partial charge in [0.1, 0.15) is 17.9 Å². The van der Waals surface area contributed by atoms with Crippen molar-refractivity contribution in [2.75, 3.05) is 42.2 Å². The van der Waals surface area contributed by atoms with E-state index in [1.54, 1.807) is 37.3 Å². The fourth-order valence-corrected chi connectivity index (χ4v) is 4.37. The second kappa shape index (κ2) is 10.1. The number of aryl methyl sites for hydroxylation is 2. The maximum Gasteiger partial charge on any atom is 0.372 e. The predicted octanol–water partition coefficient (Wildman–Crippen LogP) is 3.25. The number of carboxylic acid groups (broad SMARTS) is 1. The van der Waals surface area contributed by atoms with E-state index in [2.05, 4.69) is 4.72 Å². The van der Waals surface area contributed by atoms with Crippen LogP contribution in [0.5, 0.6) is 5.75 Å². The van der Waals surface area contributed by atoms with Gasteiger partial charge in [0.25, 0.3) is 0 Å². The average molecular weight is 477 g/mol. The van der Waals surface area contributed by atoms with Crippen molar-refractivity contribution < 1.29 is 32.6 Å². The zero-order valence-corrected chi connectivity index (χ0v) is 19.6. The lowest BCUT2D eigenvalue weighted by Crippen LogP contribution is -2.32. The highest BCUT2D eigenvalue weighted by molar-refractivity contribution is 7.92. The van der Waals surface area contributed by atoms with Gasteiger partial charge < -0.3 is 24.3 Å². The van der Waals surface area contributed by atoms with Crippen LogP contribution >= 0.6 is 0 Å². The normalized spacial score (nSPS) is 11.5. The number of hydrogen-bond acceptors (Lipinski definition) is 7. The Morgan fingerprint density at radius 3 is 2.58 bits per heavy atom. The van der Waals surface area contributed by atoms with Gasteiger partial charge >= 0.3 is 5.97 Å². The summed E-state index contributed by atoms with van der Waals surface area (Å²) < 4.78 is 37.4. The molecule has 0 radical (unpaired) electrons. The van der Waals surface area contributed by atoms with E-state index >= 15 is 0 Å². The van der Waals surface area contributed by atoms with Crippen LogP contribution in [0.3, 0.4) is 0 Å². The van der Waals surface area contributed by atoms with Crippen LogP contribution < -0.4 is 14.4 Å². The van der Waals surface area contributed by atoms with E-state index in [0.717, 1.165) is 17.2 Å². The maximum atomic E-state index is 11.7. The lowest BCUT2D eigenvalue weighted by Gasteiger charge is -2.26. The summed E-state index contributed by atoms with van der Waals surface area (Å²) in [5.74, 6) is -0.660. The van der Waals surface area contributed by atoms with Crippen molar-refractivity contribution >= 4 is 38.3 Å². The Kier molecular flexibility index (Phi) is 7.50. The van der Waals surface area contributed by atoms with Crippen molar-refractivity contribution in [3.63, 3.8) is 0 Å². The van der Waals surface area contributed by atoms with Crippen LogP contribution in [-0.4, -0.2) is 57.2 Å². The van der Waals surface area contributed by atoms with Gasteiger partial charge in [-0.05, 0) is 37.1 Å². The first kappa shape index (κ1) is 24.4. The standard InChI is InChI=1S/C23H28N2O7S/c1-4-16-13-17(14-20-21(16)15(2)22(32-20)23(27)28)31-12-10-25(9-11-26)19-8-6-5-7-18(19)24-33(3,29)30/h5-8,13-14,24,26H,4,9-12H2,1-3H3,(H,27,28). The lowest BCUT2D eigenvalue weighted by atomic mass is 10.0. The topological polar surface area (TPSA) is 129 Å². The SMILES string of the molecule is CCc1cc(OCCN(CCO)c2ccccc2NS(C)(=O)=O)cc2oc(C(=O)O)c(C)c12. The first-order valence-electron chi connectivity index (χ1n) is 10.5. The predicted molar refractivity (Wildman–Crippen MR) is 127 cm³/mol. The molecule has 0 saturated heterocycles. The van der Waals surface area contributed by atoms with Crippen LogP contribution in [0, 0.1) is 6.92 Å². The number of aromatic carboxylic acids is 1. The van der Waals surface area contributed by atoms with E-state index in [0.29, 0.717) is 41.2 Å². The summed E-state index contributed by atoms with van der Waals surface area (Å²) in [6, 6.07) is 10.5. The van der Waals surface area contributed by atoms with Crippen LogP contribution in [0.2, 0.25) is 0 Å². The molecule has 0 aliphatic carbocycles. The molecule has 3 rings (SSSR count). The fraction of sp³-hybridized carbons (Fsp3) is 0.348. The lowest BCUT2D eigenvalue weighted by molar-refractivity contribution is 0.0664. The highest BCUT2D eigenvalue weighted by Crippen LogP contribution is 2.33. The first-order chi connectivity index (χ1) is 15.6. The Balaban J connectivity index is 1.81. The van der Waals surface area contributed by atoms with Gasteiger partial charge in [-0.25, -0.2) is 13.2 Å². The zero-order valence-electron chi connectivity index (χ0n) is 18.8. The summed E-state index contributed by atoms with van der Waals surface area (Å²) >= 11 is 0. The number of sulfonamides is 1. The number of para-hydroxylation sites is 2. The number of benzene rings is 2. The van der Waals surface area contributed by atoms with Crippen molar-refractivity contribution in [1.29, 1.82) is 0 Å². The quantitative estimate of drug-likeness (QED) is 0.385. The van der Waals surface area contributed by atoms with Crippen LogP contribution in [0.1, 0.15) is 28.6 Å². The van der Waals surface area contributed by atoms with Gasteiger partial charge in [0.15, 0.2) is 0 Å². The third-order valence-electron chi connectivity index (χ3n) is 5.20. The second-order valence-electron chi connectivity index (χ2n) is 7.62. The van der Waals surface area contributed by atoms with Gasteiger partial charge in [-0.15, -0.1) is 0 Å². The van der Waals surface area contributed by atoms with Crippen LogP contribution in [0.25, 0.3) is 11.0 Å². The van der Waals surface area contributed by atoms with Gasteiger partial charge in [-0.3, -0.25) is 4.72 Å². The third-order valence-corrected chi connectivity index (χ3v) is 5.79. The molecule has 2 aromatic carbocycles. The Morgan fingerprint density at radius 2 is 1.94 bits per heavy atom. The molecule has 1 heterocycles. The summed E-state index contributed by atoms with van der Waals surface area (Å²) in [5.41, 5.74) is 3.00. The summed E-state index contributed by atoms with van der Waals surface area (Å²) in [7, 11) is -3.47. The van der Waals surface area contributed by atoms with E-state index < -0.39 is 16.0 Å². The molecule has 3 aromatic rings. The van der Waals surface area contributed by atoms with Gasteiger partial charge in [-0.1, -0.05) is 19.1 Å². The molecular weight excluding hydrogens is 448 g/mol. The molecule has 0 aliphatic heterocycles. The van der Waals surface area contributed by atoms with Crippen LogP contribution in [-0.2, 0) is 16.4 Å². The number of rotatable bonds is 11. The molecule has 9 nitrogen and oxygen atoms in total. The molecule has 0 unspecified atom stereocenters. The summed E-state index contributed by atoms with van der Waals surface area (Å²) in [6.07, 6.45) is 1.76.